The molecule has 0 aromatic heterocycles. The number of hydrogen-bond acceptors (Lipinski definition) is 4. The molecule has 0 aliphatic carbocycles. The molecule has 64 valence electrons. The van der Waals surface area contributed by atoms with Gasteiger partial charge in [-0.2, -0.15) is 0 Å². The van der Waals surface area contributed by atoms with Crippen LogP contribution < -0.4 is 0 Å². The van der Waals surface area contributed by atoms with Crippen LogP contribution in [0.3, 0.4) is 0 Å². The van der Waals surface area contributed by atoms with Gasteiger partial charge < -0.3 is 14.4 Å². The van der Waals surface area contributed by atoms with Gasteiger partial charge >= 0.3 is 0 Å². The van der Waals surface area contributed by atoms with Crippen molar-refractivity contribution in [1.82, 2.24) is 4.90 Å². The molecule has 4 nitrogen and oxygen atoms in total. The van der Waals surface area contributed by atoms with Gasteiger partial charge in [0, 0.05) is 0 Å². The van der Waals surface area contributed by atoms with Gasteiger partial charge in [-0.3, -0.25) is 4.79 Å². The van der Waals surface area contributed by atoms with Crippen LogP contribution in [-0.4, -0.2) is 50.8 Å². The Kier molecular flexibility index (Phi) is 2.99. The van der Waals surface area contributed by atoms with Crippen molar-refractivity contribution < 1.29 is 14.3 Å². The number of aldehydes is 1. The van der Waals surface area contributed by atoms with Crippen molar-refractivity contribution in [1.29, 1.82) is 0 Å². The van der Waals surface area contributed by atoms with Crippen LogP contribution in [-0.2, 0) is 14.3 Å². The van der Waals surface area contributed by atoms with Crippen LogP contribution >= 0.6 is 0 Å². The average molecular weight is 159 g/mol. The number of carbonyl (C=O) groups is 1. The van der Waals surface area contributed by atoms with Crippen LogP contribution in [0.4, 0.5) is 0 Å². The van der Waals surface area contributed by atoms with Gasteiger partial charge in [0.2, 0.25) is 6.29 Å². The van der Waals surface area contributed by atoms with Gasteiger partial charge in [-0.15, -0.1) is 0 Å². The highest BCUT2D eigenvalue weighted by Crippen LogP contribution is 2.06. The number of rotatable bonds is 2. The average Bonchev–Trinajstić information content (AvgIpc) is 2.05. The van der Waals surface area contributed by atoms with E-state index >= 15 is 0 Å². The third-order valence-electron chi connectivity index (χ3n) is 1.75. The molecule has 0 atom stereocenters. The predicted molar refractivity (Wildman–Crippen MR) is 39.2 cm³/mol. The van der Waals surface area contributed by atoms with E-state index in [-0.39, 0.29) is 6.04 Å². The smallest absolute Gasteiger partial charge is 0.214 e. The van der Waals surface area contributed by atoms with Crippen molar-refractivity contribution in [2.75, 3.05) is 27.3 Å². The molecule has 0 saturated carbocycles. The van der Waals surface area contributed by atoms with E-state index in [9.17, 15) is 4.79 Å². The molecule has 0 aromatic carbocycles. The molecule has 0 radical (unpaired) electrons. The Bertz CT molecular complexity index is 130. The first-order valence-corrected chi connectivity index (χ1v) is 3.59. The monoisotopic (exact) mass is 159 g/mol. The summed E-state index contributed by atoms with van der Waals surface area (Å²) in [4.78, 5) is 12.2. The fraction of sp³-hybridized carbons (Fsp3) is 0.857. The van der Waals surface area contributed by atoms with Crippen molar-refractivity contribution in [3.8, 4) is 0 Å². The van der Waals surface area contributed by atoms with Crippen molar-refractivity contribution in [3.05, 3.63) is 0 Å². The van der Waals surface area contributed by atoms with Crippen LogP contribution in [0.2, 0.25) is 0 Å². The molecule has 0 amide bonds. The van der Waals surface area contributed by atoms with E-state index in [1.165, 1.54) is 0 Å². The number of hydrogen-bond donors (Lipinski definition) is 0. The molecular formula is C7H13NO3. The molecule has 0 spiro atoms. The Morgan fingerprint density at radius 1 is 1.36 bits per heavy atom. The molecule has 1 aliphatic rings. The molecule has 0 unspecified atom stereocenters. The van der Waals surface area contributed by atoms with Crippen LogP contribution in [0.5, 0.6) is 0 Å². The van der Waals surface area contributed by atoms with E-state index in [4.69, 9.17) is 9.47 Å². The van der Waals surface area contributed by atoms with E-state index in [1.54, 1.807) is 0 Å². The molecule has 0 aromatic rings. The zero-order valence-electron chi connectivity index (χ0n) is 6.82. The second kappa shape index (κ2) is 3.80. The van der Waals surface area contributed by atoms with Crippen LogP contribution in [0, 0.1) is 0 Å². The largest absolute Gasteiger partial charge is 0.344 e. The topological polar surface area (TPSA) is 38.8 Å². The Hall–Kier alpha value is -0.450. The maximum absolute atomic E-state index is 10.2. The summed E-state index contributed by atoms with van der Waals surface area (Å²) in [7, 11) is 3.91. The summed E-state index contributed by atoms with van der Waals surface area (Å²) in [6, 6.07) is 0.270. The van der Waals surface area contributed by atoms with E-state index < -0.39 is 6.29 Å². The molecule has 1 saturated heterocycles. The Balaban J connectivity index is 2.29. The summed E-state index contributed by atoms with van der Waals surface area (Å²) in [6.45, 7) is 1.13. The molecule has 4 heteroatoms. The quantitative estimate of drug-likeness (QED) is 0.509. The first kappa shape index (κ1) is 8.64. The minimum Gasteiger partial charge on any atom is -0.344 e. The lowest BCUT2D eigenvalue weighted by atomic mass is 10.3. The number of likely N-dealkylation sites (N-methyl/N-ethyl adjacent to an activating group) is 1. The fourth-order valence-electron chi connectivity index (χ4n) is 0.885. The van der Waals surface area contributed by atoms with Gasteiger partial charge in [-0.05, 0) is 14.1 Å². The van der Waals surface area contributed by atoms with Crippen LogP contribution in [0.1, 0.15) is 0 Å². The zero-order chi connectivity index (χ0) is 8.27. The summed E-state index contributed by atoms with van der Waals surface area (Å²) < 4.78 is 10.1. The lowest BCUT2D eigenvalue weighted by molar-refractivity contribution is -0.193. The Labute approximate surface area is 66.1 Å². The molecule has 1 fully saturated rings. The maximum Gasteiger partial charge on any atom is 0.214 e. The summed E-state index contributed by atoms with van der Waals surface area (Å²) in [6.07, 6.45) is 0.0255. The van der Waals surface area contributed by atoms with E-state index in [2.05, 4.69) is 0 Å². The summed E-state index contributed by atoms with van der Waals surface area (Å²) in [5.41, 5.74) is 0. The third kappa shape index (κ3) is 2.25. The molecular weight excluding hydrogens is 146 g/mol. The Morgan fingerprint density at radius 3 is 2.27 bits per heavy atom. The molecule has 1 rings (SSSR count). The van der Waals surface area contributed by atoms with Crippen LogP contribution in [0.25, 0.3) is 0 Å². The fourth-order valence-corrected chi connectivity index (χ4v) is 0.885. The SMILES string of the molecule is CN(C)C1COC(C=O)OC1. The first-order valence-electron chi connectivity index (χ1n) is 3.59. The van der Waals surface area contributed by atoms with Crippen molar-refractivity contribution >= 4 is 6.29 Å². The number of carbonyl (C=O) groups excluding carboxylic acids is 1. The van der Waals surface area contributed by atoms with Gasteiger partial charge in [0.15, 0.2) is 6.29 Å². The normalized spacial score (nSPS) is 32.3. The molecule has 0 bridgehead atoms. The second-order valence-electron chi connectivity index (χ2n) is 2.79. The standard InChI is InChI=1S/C7H13NO3/c1-8(2)6-4-10-7(3-9)11-5-6/h3,6-7H,4-5H2,1-2H3. The van der Waals surface area contributed by atoms with Crippen molar-refractivity contribution in [2.45, 2.75) is 12.3 Å². The maximum atomic E-state index is 10.2. The predicted octanol–water partition coefficient (Wildman–Crippen LogP) is -0.512. The number of ether oxygens (including phenoxy) is 2. The van der Waals surface area contributed by atoms with E-state index in [1.807, 2.05) is 19.0 Å². The summed E-state index contributed by atoms with van der Waals surface area (Å²) in [5, 5.41) is 0. The molecule has 1 heterocycles. The molecule has 1 aliphatic heterocycles. The summed E-state index contributed by atoms with van der Waals surface area (Å²) in [5.74, 6) is 0. The molecule has 11 heavy (non-hydrogen) atoms. The van der Waals surface area contributed by atoms with Crippen molar-refractivity contribution in [2.24, 2.45) is 0 Å². The van der Waals surface area contributed by atoms with E-state index in [0.29, 0.717) is 19.5 Å². The van der Waals surface area contributed by atoms with Gasteiger partial charge in [0.1, 0.15) is 0 Å². The highest BCUT2D eigenvalue weighted by atomic mass is 16.7. The first-order chi connectivity index (χ1) is 5.24. The van der Waals surface area contributed by atoms with Gasteiger partial charge in [0.05, 0.1) is 19.3 Å². The lowest BCUT2D eigenvalue weighted by Gasteiger charge is -2.30. The highest BCUT2D eigenvalue weighted by Gasteiger charge is 2.22. The molecule has 0 N–H and O–H groups in total. The van der Waals surface area contributed by atoms with Gasteiger partial charge in [-0.1, -0.05) is 0 Å². The van der Waals surface area contributed by atoms with Gasteiger partial charge in [-0.25, -0.2) is 0 Å². The summed E-state index contributed by atoms with van der Waals surface area (Å²) >= 11 is 0. The van der Waals surface area contributed by atoms with Crippen LogP contribution in [0.15, 0.2) is 0 Å². The number of nitrogens with zero attached hydrogens (tertiary/aromatic N) is 1. The van der Waals surface area contributed by atoms with E-state index in [0.717, 1.165) is 0 Å². The minimum absolute atomic E-state index is 0.270. The zero-order valence-corrected chi connectivity index (χ0v) is 6.82. The van der Waals surface area contributed by atoms with Gasteiger partial charge in [0.25, 0.3) is 0 Å². The second-order valence-corrected chi connectivity index (χ2v) is 2.79. The Morgan fingerprint density at radius 2 is 1.91 bits per heavy atom. The highest BCUT2D eigenvalue weighted by molar-refractivity contribution is 5.53. The van der Waals surface area contributed by atoms with Crippen molar-refractivity contribution in [3.63, 3.8) is 0 Å². The lowest BCUT2D eigenvalue weighted by Crippen LogP contribution is -2.44. The minimum atomic E-state index is -0.647. The third-order valence-corrected chi connectivity index (χ3v) is 1.75.